The van der Waals surface area contributed by atoms with E-state index >= 15 is 0 Å². The topological polar surface area (TPSA) is 69.7 Å². The highest BCUT2D eigenvalue weighted by Gasteiger charge is 2.65. The highest BCUT2D eigenvalue weighted by Crippen LogP contribution is 2.52. The van der Waals surface area contributed by atoms with Gasteiger partial charge in [0.15, 0.2) is 0 Å². The summed E-state index contributed by atoms with van der Waals surface area (Å²) in [6.07, 6.45) is 3.08. The number of ether oxygens (including phenoxy) is 1. The van der Waals surface area contributed by atoms with Crippen molar-refractivity contribution in [3.8, 4) is 0 Å². The number of benzene rings is 1. The summed E-state index contributed by atoms with van der Waals surface area (Å²) in [6, 6.07) is 9.60. The maximum Gasteiger partial charge on any atom is 0.230 e. The number of aliphatic carboxylic acids is 1. The Kier molecular flexibility index (Phi) is 2.72. The summed E-state index contributed by atoms with van der Waals surface area (Å²) in [5.74, 6) is -2.91. The number of carboxylic acid groups (broad SMARTS) is 1. The van der Waals surface area contributed by atoms with E-state index in [-0.39, 0.29) is 11.9 Å². The van der Waals surface area contributed by atoms with Crippen LogP contribution < -0.4 is 5.11 Å². The molecule has 3 heterocycles. The van der Waals surface area contributed by atoms with Crippen molar-refractivity contribution >= 4 is 11.9 Å². The van der Waals surface area contributed by atoms with Crippen LogP contribution in [0.4, 0.5) is 0 Å². The number of hydrogen-bond donors (Lipinski definition) is 0. The van der Waals surface area contributed by atoms with Gasteiger partial charge in [0.2, 0.25) is 5.91 Å². The van der Waals surface area contributed by atoms with Crippen molar-refractivity contribution in [1.82, 2.24) is 4.90 Å². The van der Waals surface area contributed by atoms with Crippen LogP contribution in [0, 0.1) is 11.8 Å². The minimum absolute atomic E-state index is 0.118. The molecule has 114 valence electrons. The first kappa shape index (κ1) is 13.5. The zero-order valence-corrected chi connectivity index (χ0v) is 12.1. The van der Waals surface area contributed by atoms with Gasteiger partial charge in [-0.15, -0.1) is 0 Å². The summed E-state index contributed by atoms with van der Waals surface area (Å²) in [7, 11) is 0. The summed E-state index contributed by atoms with van der Waals surface area (Å²) >= 11 is 0. The molecule has 3 aliphatic rings. The van der Waals surface area contributed by atoms with Crippen molar-refractivity contribution in [3.05, 3.63) is 48.0 Å². The molecule has 2 fully saturated rings. The fourth-order valence-electron chi connectivity index (χ4n) is 4.04. The molecule has 2 saturated heterocycles. The van der Waals surface area contributed by atoms with Gasteiger partial charge in [-0.2, -0.15) is 0 Å². The third-order valence-electron chi connectivity index (χ3n) is 5.15. The molecule has 22 heavy (non-hydrogen) atoms. The van der Waals surface area contributed by atoms with E-state index in [2.05, 4.69) is 0 Å². The van der Waals surface area contributed by atoms with E-state index in [1.807, 2.05) is 43.3 Å². The van der Waals surface area contributed by atoms with Gasteiger partial charge in [0.05, 0.1) is 24.6 Å². The van der Waals surface area contributed by atoms with E-state index in [0.717, 1.165) is 5.56 Å². The molecule has 0 aliphatic carbocycles. The molecule has 0 saturated carbocycles. The Morgan fingerprint density at radius 2 is 2.14 bits per heavy atom. The fourth-order valence-corrected chi connectivity index (χ4v) is 4.04. The Morgan fingerprint density at radius 1 is 1.41 bits per heavy atom. The smallest absolute Gasteiger partial charge is 0.230 e. The van der Waals surface area contributed by atoms with Crippen LogP contribution in [0.2, 0.25) is 0 Å². The monoisotopic (exact) mass is 298 g/mol. The summed E-state index contributed by atoms with van der Waals surface area (Å²) in [4.78, 5) is 26.0. The molecule has 5 heteroatoms. The molecule has 1 aromatic carbocycles. The van der Waals surface area contributed by atoms with Crippen LogP contribution >= 0.6 is 0 Å². The summed E-state index contributed by atoms with van der Waals surface area (Å²) < 4.78 is 5.85. The van der Waals surface area contributed by atoms with E-state index in [1.165, 1.54) is 0 Å². The van der Waals surface area contributed by atoms with Crippen LogP contribution in [-0.4, -0.2) is 35.0 Å². The van der Waals surface area contributed by atoms with Crippen molar-refractivity contribution in [3.63, 3.8) is 0 Å². The highest BCUT2D eigenvalue weighted by molar-refractivity contribution is 5.90. The number of nitrogens with zero attached hydrogens (tertiary/aromatic N) is 1. The molecule has 0 aromatic heterocycles. The molecule has 5 nitrogen and oxygen atoms in total. The lowest BCUT2D eigenvalue weighted by Crippen LogP contribution is -2.45. The van der Waals surface area contributed by atoms with E-state index in [1.54, 1.807) is 11.0 Å². The Balaban J connectivity index is 1.68. The molecule has 3 aliphatic heterocycles. The van der Waals surface area contributed by atoms with Gasteiger partial charge in [-0.25, -0.2) is 0 Å². The zero-order valence-electron chi connectivity index (χ0n) is 12.1. The van der Waals surface area contributed by atoms with Gasteiger partial charge in [0, 0.05) is 11.9 Å². The SMILES string of the molecule is C[C@H](c1ccccc1)N1C[C@@]23C=C[C@H](O2)[C@H](C(=O)[O-])[C@H]3C1=O. The predicted octanol–water partition coefficient (Wildman–Crippen LogP) is 0.279. The molecular formula is C17H16NO4-. The quantitative estimate of drug-likeness (QED) is 0.752. The van der Waals surface area contributed by atoms with E-state index in [0.29, 0.717) is 6.54 Å². The second kappa shape index (κ2) is 4.43. The number of amides is 1. The minimum Gasteiger partial charge on any atom is -0.550 e. The predicted molar refractivity (Wildman–Crippen MR) is 75.3 cm³/mol. The van der Waals surface area contributed by atoms with Gasteiger partial charge in [0.25, 0.3) is 0 Å². The molecular weight excluding hydrogens is 282 g/mol. The van der Waals surface area contributed by atoms with Gasteiger partial charge in [0.1, 0.15) is 5.60 Å². The van der Waals surface area contributed by atoms with Gasteiger partial charge in [-0.05, 0) is 12.5 Å². The van der Waals surface area contributed by atoms with Crippen molar-refractivity contribution in [2.45, 2.75) is 24.7 Å². The molecule has 1 spiro atoms. The van der Waals surface area contributed by atoms with Crippen molar-refractivity contribution < 1.29 is 19.4 Å². The molecule has 0 unspecified atom stereocenters. The normalized spacial score (nSPS) is 36.7. The summed E-state index contributed by atoms with van der Waals surface area (Å²) in [6.45, 7) is 2.35. The van der Waals surface area contributed by atoms with Crippen LogP contribution in [0.1, 0.15) is 18.5 Å². The Bertz CT molecular complexity index is 670. The molecule has 1 amide bonds. The molecule has 4 rings (SSSR count). The highest BCUT2D eigenvalue weighted by atomic mass is 16.5. The fraction of sp³-hybridized carbons (Fsp3) is 0.412. The van der Waals surface area contributed by atoms with Crippen molar-refractivity contribution in [2.75, 3.05) is 6.54 Å². The van der Waals surface area contributed by atoms with Crippen LogP contribution in [0.15, 0.2) is 42.5 Å². The molecule has 0 N–H and O–H groups in total. The van der Waals surface area contributed by atoms with Crippen LogP contribution in [-0.2, 0) is 14.3 Å². The Morgan fingerprint density at radius 3 is 2.82 bits per heavy atom. The van der Waals surface area contributed by atoms with Crippen LogP contribution in [0.25, 0.3) is 0 Å². The number of carbonyl (C=O) groups is 2. The van der Waals surface area contributed by atoms with E-state index in [4.69, 9.17) is 4.74 Å². The van der Waals surface area contributed by atoms with Crippen molar-refractivity contribution in [2.24, 2.45) is 11.8 Å². The standard InChI is InChI=1S/C17H17NO4/c1-10(11-5-3-2-4-6-11)18-9-17-8-7-12(22-17)13(16(20)21)14(17)15(18)19/h2-8,10,12-14H,9H2,1H3,(H,20,21)/p-1/t10-,12+,13+,14+,17-/m1/s1. The summed E-state index contributed by atoms with van der Waals surface area (Å²) in [5.41, 5.74) is 0.228. The number of rotatable bonds is 3. The second-order valence-corrected chi connectivity index (χ2v) is 6.27. The molecule has 5 atom stereocenters. The molecule has 0 radical (unpaired) electrons. The first-order valence-corrected chi connectivity index (χ1v) is 7.47. The third-order valence-corrected chi connectivity index (χ3v) is 5.15. The maximum absolute atomic E-state index is 12.8. The number of fused-ring (bicyclic) bond motifs is 1. The number of carboxylic acids is 1. The lowest BCUT2D eigenvalue weighted by molar-refractivity contribution is -0.313. The Labute approximate surface area is 128 Å². The van der Waals surface area contributed by atoms with Gasteiger partial charge in [-0.1, -0.05) is 42.5 Å². The molecule has 1 aromatic rings. The lowest BCUT2D eigenvalue weighted by Gasteiger charge is -2.28. The van der Waals surface area contributed by atoms with Crippen LogP contribution in [0.5, 0.6) is 0 Å². The maximum atomic E-state index is 12.8. The lowest BCUT2D eigenvalue weighted by atomic mass is 9.77. The first-order chi connectivity index (χ1) is 10.5. The van der Waals surface area contributed by atoms with E-state index in [9.17, 15) is 14.7 Å². The number of carbonyl (C=O) groups excluding carboxylic acids is 2. The van der Waals surface area contributed by atoms with Crippen LogP contribution in [0.3, 0.4) is 0 Å². The average molecular weight is 298 g/mol. The van der Waals surface area contributed by atoms with Crippen molar-refractivity contribution in [1.29, 1.82) is 0 Å². The average Bonchev–Trinajstić information content (AvgIpc) is 3.15. The number of hydrogen-bond acceptors (Lipinski definition) is 4. The first-order valence-electron chi connectivity index (χ1n) is 7.47. The van der Waals surface area contributed by atoms with E-state index < -0.39 is 29.5 Å². The van der Waals surface area contributed by atoms with Gasteiger partial charge < -0.3 is 19.5 Å². The largest absolute Gasteiger partial charge is 0.550 e. The zero-order chi connectivity index (χ0) is 15.5. The Hall–Kier alpha value is -2.14. The third kappa shape index (κ3) is 1.63. The summed E-state index contributed by atoms with van der Waals surface area (Å²) in [5, 5.41) is 11.4. The number of likely N-dealkylation sites (tertiary alicyclic amines) is 1. The van der Waals surface area contributed by atoms with Gasteiger partial charge in [-0.3, -0.25) is 4.79 Å². The minimum atomic E-state index is -1.20. The second-order valence-electron chi connectivity index (χ2n) is 6.27. The molecule has 2 bridgehead atoms. The van der Waals surface area contributed by atoms with Gasteiger partial charge >= 0.3 is 0 Å².